The molecule has 1 fully saturated rings. The van der Waals surface area contributed by atoms with Crippen LogP contribution in [-0.4, -0.2) is 31.2 Å². The predicted molar refractivity (Wildman–Crippen MR) is 107 cm³/mol. The van der Waals surface area contributed by atoms with E-state index in [2.05, 4.69) is 19.2 Å². The second kappa shape index (κ2) is 7.82. The van der Waals surface area contributed by atoms with Gasteiger partial charge >= 0.3 is 0 Å². The van der Waals surface area contributed by atoms with Gasteiger partial charge in [0.2, 0.25) is 15.9 Å². The van der Waals surface area contributed by atoms with Crippen LogP contribution in [0.25, 0.3) is 0 Å². The van der Waals surface area contributed by atoms with Crippen LogP contribution >= 0.6 is 0 Å². The minimum atomic E-state index is -3.69. The molecule has 1 saturated heterocycles. The molecular weight excluding hydrogens is 360 g/mol. The Morgan fingerprint density at radius 1 is 1.07 bits per heavy atom. The predicted octanol–water partition coefficient (Wildman–Crippen LogP) is 3.91. The SMILES string of the molecule is Cc1ccc(S(=O)(=O)N2CCC[C@@H]2C(=O)Nc2ccc(C(C)C)cc2)cc1. The molecule has 5 nitrogen and oxygen atoms in total. The summed E-state index contributed by atoms with van der Waals surface area (Å²) in [7, 11) is -3.69. The van der Waals surface area contributed by atoms with Crippen molar-refractivity contribution in [3.8, 4) is 0 Å². The van der Waals surface area contributed by atoms with Crippen LogP contribution < -0.4 is 5.32 Å². The van der Waals surface area contributed by atoms with Crippen LogP contribution in [0.3, 0.4) is 0 Å². The summed E-state index contributed by atoms with van der Waals surface area (Å²) in [4.78, 5) is 13.0. The molecule has 1 atom stereocenters. The third-order valence-corrected chi connectivity index (χ3v) is 6.90. The lowest BCUT2D eigenvalue weighted by Crippen LogP contribution is -2.43. The molecule has 144 valence electrons. The highest BCUT2D eigenvalue weighted by Crippen LogP contribution is 2.27. The van der Waals surface area contributed by atoms with Gasteiger partial charge in [0, 0.05) is 12.2 Å². The molecule has 6 heteroatoms. The molecule has 1 amide bonds. The lowest BCUT2D eigenvalue weighted by atomic mass is 10.0. The monoisotopic (exact) mass is 386 g/mol. The van der Waals surface area contributed by atoms with Gasteiger partial charge in [0.1, 0.15) is 6.04 Å². The molecule has 1 aliphatic rings. The first-order valence-corrected chi connectivity index (χ1v) is 10.7. The van der Waals surface area contributed by atoms with Gasteiger partial charge in [-0.2, -0.15) is 4.31 Å². The first-order valence-electron chi connectivity index (χ1n) is 9.28. The highest BCUT2D eigenvalue weighted by atomic mass is 32.2. The van der Waals surface area contributed by atoms with Crippen molar-refractivity contribution >= 4 is 21.6 Å². The maximum Gasteiger partial charge on any atom is 0.243 e. The number of anilines is 1. The fourth-order valence-corrected chi connectivity index (χ4v) is 4.97. The molecule has 2 aromatic carbocycles. The van der Waals surface area contributed by atoms with Crippen molar-refractivity contribution in [2.75, 3.05) is 11.9 Å². The van der Waals surface area contributed by atoms with Crippen LogP contribution in [0.4, 0.5) is 5.69 Å². The minimum Gasteiger partial charge on any atom is -0.325 e. The molecule has 0 saturated carbocycles. The van der Waals surface area contributed by atoms with E-state index in [-0.39, 0.29) is 10.8 Å². The maximum absolute atomic E-state index is 13.0. The molecule has 0 aromatic heterocycles. The lowest BCUT2D eigenvalue weighted by Gasteiger charge is -2.23. The van der Waals surface area contributed by atoms with Gasteiger partial charge in [-0.25, -0.2) is 8.42 Å². The number of carbonyl (C=O) groups is 1. The second-order valence-electron chi connectivity index (χ2n) is 7.35. The van der Waals surface area contributed by atoms with E-state index in [0.29, 0.717) is 31.0 Å². The first kappa shape index (κ1) is 19.6. The molecule has 2 aromatic rings. The Balaban J connectivity index is 1.77. The van der Waals surface area contributed by atoms with Crippen LogP contribution in [0.1, 0.15) is 43.7 Å². The Morgan fingerprint density at radius 3 is 2.30 bits per heavy atom. The fourth-order valence-electron chi connectivity index (χ4n) is 3.31. The van der Waals surface area contributed by atoms with Gasteiger partial charge in [0.25, 0.3) is 0 Å². The Kier molecular flexibility index (Phi) is 5.67. The smallest absolute Gasteiger partial charge is 0.243 e. The van der Waals surface area contributed by atoms with Crippen LogP contribution in [0, 0.1) is 6.92 Å². The van der Waals surface area contributed by atoms with Crippen molar-refractivity contribution in [3.63, 3.8) is 0 Å². The van der Waals surface area contributed by atoms with E-state index >= 15 is 0 Å². The molecular formula is C21H26N2O3S. The van der Waals surface area contributed by atoms with Gasteiger partial charge in [-0.1, -0.05) is 43.7 Å². The van der Waals surface area contributed by atoms with Crippen molar-refractivity contribution in [1.29, 1.82) is 0 Å². The Hall–Kier alpha value is -2.18. The summed E-state index contributed by atoms with van der Waals surface area (Å²) in [5.74, 6) is 0.139. The van der Waals surface area contributed by atoms with Crippen molar-refractivity contribution in [2.45, 2.75) is 50.5 Å². The first-order chi connectivity index (χ1) is 12.8. The molecule has 0 aliphatic carbocycles. The van der Waals surface area contributed by atoms with E-state index in [1.165, 1.54) is 9.87 Å². The fraction of sp³-hybridized carbons (Fsp3) is 0.381. The van der Waals surface area contributed by atoms with Crippen molar-refractivity contribution in [2.24, 2.45) is 0 Å². The van der Waals surface area contributed by atoms with Gasteiger partial charge in [0.15, 0.2) is 0 Å². The quantitative estimate of drug-likeness (QED) is 0.847. The Morgan fingerprint density at radius 2 is 1.70 bits per heavy atom. The average molecular weight is 387 g/mol. The third kappa shape index (κ3) is 4.22. The van der Waals surface area contributed by atoms with Crippen molar-refractivity contribution in [3.05, 3.63) is 59.7 Å². The maximum atomic E-state index is 13.0. The zero-order chi connectivity index (χ0) is 19.6. The van der Waals surface area contributed by atoms with Crippen LogP contribution in [-0.2, 0) is 14.8 Å². The third-order valence-electron chi connectivity index (χ3n) is 4.98. The Labute approximate surface area is 161 Å². The summed E-state index contributed by atoms with van der Waals surface area (Å²) in [5.41, 5.74) is 2.87. The Bertz CT molecular complexity index is 903. The van der Waals surface area contributed by atoms with Crippen molar-refractivity contribution < 1.29 is 13.2 Å². The van der Waals surface area contributed by atoms with Gasteiger partial charge in [0.05, 0.1) is 4.90 Å². The van der Waals surface area contributed by atoms with Gasteiger partial charge in [-0.05, 0) is 55.5 Å². The minimum absolute atomic E-state index is 0.231. The number of rotatable bonds is 5. The number of nitrogens with one attached hydrogen (secondary N) is 1. The molecule has 1 aliphatic heterocycles. The van der Waals surface area contributed by atoms with E-state index in [1.807, 2.05) is 31.2 Å². The standard InChI is InChI=1S/C21H26N2O3S/c1-15(2)17-8-10-18(11-9-17)22-21(24)20-5-4-14-23(20)27(25,26)19-12-6-16(3)7-13-19/h6-13,15,20H,4-5,14H2,1-3H3,(H,22,24)/t20-/m1/s1. The molecule has 0 bridgehead atoms. The van der Waals surface area contributed by atoms with Crippen LogP contribution in [0.5, 0.6) is 0 Å². The summed E-state index contributed by atoms with van der Waals surface area (Å²) < 4.78 is 27.3. The highest BCUT2D eigenvalue weighted by molar-refractivity contribution is 7.89. The summed E-state index contributed by atoms with van der Waals surface area (Å²) in [6.45, 7) is 6.49. The topological polar surface area (TPSA) is 66.5 Å². The zero-order valence-electron chi connectivity index (χ0n) is 16.0. The number of benzene rings is 2. The summed E-state index contributed by atoms with van der Waals surface area (Å²) in [6.07, 6.45) is 1.20. The number of amides is 1. The molecule has 0 radical (unpaired) electrons. The number of hydrogen-bond donors (Lipinski definition) is 1. The number of nitrogens with zero attached hydrogens (tertiary/aromatic N) is 1. The molecule has 0 spiro atoms. The molecule has 3 rings (SSSR count). The number of carbonyl (C=O) groups excluding carboxylic acids is 1. The summed E-state index contributed by atoms with van der Waals surface area (Å²) in [5, 5.41) is 2.87. The van der Waals surface area contributed by atoms with E-state index < -0.39 is 16.1 Å². The van der Waals surface area contributed by atoms with Crippen LogP contribution in [0.15, 0.2) is 53.4 Å². The summed E-state index contributed by atoms with van der Waals surface area (Å²) >= 11 is 0. The number of aryl methyl sites for hydroxylation is 1. The zero-order valence-corrected chi connectivity index (χ0v) is 16.8. The normalized spacial score (nSPS) is 18.0. The number of hydrogen-bond acceptors (Lipinski definition) is 3. The lowest BCUT2D eigenvalue weighted by molar-refractivity contribution is -0.119. The van der Waals surface area contributed by atoms with E-state index in [9.17, 15) is 13.2 Å². The molecule has 27 heavy (non-hydrogen) atoms. The van der Waals surface area contributed by atoms with Gasteiger partial charge in [-0.3, -0.25) is 4.79 Å². The molecule has 0 unspecified atom stereocenters. The summed E-state index contributed by atoms with van der Waals surface area (Å²) in [6, 6.07) is 13.8. The van der Waals surface area contributed by atoms with Crippen LogP contribution in [0.2, 0.25) is 0 Å². The van der Waals surface area contributed by atoms with Crippen molar-refractivity contribution in [1.82, 2.24) is 4.31 Å². The van der Waals surface area contributed by atoms with Gasteiger partial charge < -0.3 is 5.32 Å². The largest absolute Gasteiger partial charge is 0.325 e. The van der Waals surface area contributed by atoms with E-state index in [4.69, 9.17) is 0 Å². The van der Waals surface area contributed by atoms with E-state index in [1.54, 1.807) is 24.3 Å². The average Bonchev–Trinajstić information content (AvgIpc) is 3.13. The molecule has 1 N–H and O–H groups in total. The van der Waals surface area contributed by atoms with E-state index in [0.717, 1.165) is 5.56 Å². The second-order valence-corrected chi connectivity index (χ2v) is 9.24. The molecule has 1 heterocycles. The van der Waals surface area contributed by atoms with Gasteiger partial charge in [-0.15, -0.1) is 0 Å². The number of sulfonamides is 1. The highest BCUT2D eigenvalue weighted by Gasteiger charge is 2.39.